The molecular weight excluding hydrogens is 460 g/mol. The largest absolute Gasteiger partial charge is 0.481 e. The SMILES string of the molecule is CCOC(=O)COc1ccccc1/C=C1\SC(=Nc2ccc(C)cc2)N(c2ccc(C)cc2)C1=O. The third-order valence-electron chi connectivity index (χ3n) is 5.21. The van der Waals surface area contributed by atoms with Crippen LogP contribution in [0.3, 0.4) is 0 Å². The van der Waals surface area contributed by atoms with E-state index in [4.69, 9.17) is 14.5 Å². The summed E-state index contributed by atoms with van der Waals surface area (Å²) in [6.45, 7) is 5.85. The molecule has 0 spiro atoms. The van der Waals surface area contributed by atoms with Crippen LogP contribution >= 0.6 is 11.8 Å². The van der Waals surface area contributed by atoms with Gasteiger partial charge in [0, 0.05) is 5.56 Å². The van der Waals surface area contributed by atoms with Gasteiger partial charge in [-0.15, -0.1) is 0 Å². The zero-order valence-corrected chi connectivity index (χ0v) is 20.7. The number of carbonyl (C=O) groups is 2. The standard InChI is InChI=1S/C28H26N2O4S/c1-4-33-26(31)18-34-24-8-6-5-7-21(24)17-25-27(32)30(23-15-11-20(3)12-16-23)28(35-25)29-22-13-9-19(2)10-14-22/h5-17H,4,18H2,1-3H3/b25-17-,29-28?. The van der Waals surface area contributed by atoms with Crippen molar-refractivity contribution >= 4 is 46.3 Å². The number of aryl methyl sites for hydroxylation is 2. The zero-order chi connectivity index (χ0) is 24.8. The molecule has 35 heavy (non-hydrogen) atoms. The average molecular weight is 487 g/mol. The highest BCUT2D eigenvalue weighted by Crippen LogP contribution is 2.38. The molecule has 3 aromatic rings. The Bertz CT molecular complexity index is 1280. The van der Waals surface area contributed by atoms with E-state index >= 15 is 0 Å². The molecule has 1 heterocycles. The van der Waals surface area contributed by atoms with Crippen LogP contribution in [0.25, 0.3) is 6.08 Å². The Morgan fingerprint density at radius 1 is 0.971 bits per heavy atom. The van der Waals surface area contributed by atoms with Gasteiger partial charge in [-0.05, 0) is 68.9 Å². The molecule has 0 N–H and O–H groups in total. The van der Waals surface area contributed by atoms with Gasteiger partial charge in [0.2, 0.25) is 0 Å². The number of carbonyl (C=O) groups excluding carboxylic acids is 2. The van der Waals surface area contributed by atoms with Gasteiger partial charge in [0.1, 0.15) is 5.75 Å². The Labute approximate surface area is 209 Å². The van der Waals surface area contributed by atoms with E-state index in [0.29, 0.717) is 21.4 Å². The number of anilines is 1. The topological polar surface area (TPSA) is 68.2 Å². The number of amides is 1. The number of ether oxygens (including phenoxy) is 2. The number of esters is 1. The first-order chi connectivity index (χ1) is 16.9. The Balaban J connectivity index is 1.69. The summed E-state index contributed by atoms with van der Waals surface area (Å²) in [5.74, 6) is -0.128. The maximum atomic E-state index is 13.6. The molecule has 1 aliphatic rings. The van der Waals surface area contributed by atoms with Gasteiger partial charge in [-0.1, -0.05) is 53.6 Å². The molecule has 1 fully saturated rings. The van der Waals surface area contributed by atoms with Crippen molar-refractivity contribution in [2.45, 2.75) is 20.8 Å². The molecule has 3 aromatic carbocycles. The number of hydrogen-bond donors (Lipinski definition) is 0. The number of benzene rings is 3. The number of hydrogen-bond acceptors (Lipinski definition) is 6. The minimum absolute atomic E-state index is 0.176. The molecular formula is C28H26N2O4S. The van der Waals surface area contributed by atoms with Gasteiger partial charge in [0.25, 0.3) is 5.91 Å². The lowest BCUT2D eigenvalue weighted by Gasteiger charge is -2.16. The molecule has 0 aromatic heterocycles. The lowest BCUT2D eigenvalue weighted by molar-refractivity contribution is -0.145. The monoisotopic (exact) mass is 486 g/mol. The highest BCUT2D eigenvalue weighted by atomic mass is 32.2. The van der Waals surface area contributed by atoms with Crippen LogP contribution in [0.15, 0.2) is 82.7 Å². The molecule has 0 radical (unpaired) electrons. The van der Waals surface area contributed by atoms with Gasteiger partial charge in [0.05, 0.1) is 22.9 Å². The van der Waals surface area contributed by atoms with Crippen LogP contribution in [0, 0.1) is 13.8 Å². The lowest BCUT2D eigenvalue weighted by atomic mass is 10.1. The Morgan fingerprint density at radius 2 is 1.63 bits per heavy atom. The van der Waals surface area contributed by atoms with Gasteiger partial charge < -0.3 is 9.47 Å². The number of amidine groups is 1. The van der Waals surface area contributed by atoms with Crippen LogP contribution in [0.1, 0.15) is 23.6 Å². The second-order valence-electron chi connectivity index (χ2n) is 7.95. The van der Waals surface area contributed by atoms with E-state index in [1.54, 1.807) is 24.0 Å². The molecule has 0 aliphatic carbocycles. The zero-order valence-electron chi connectivity index (χ0n) is 19.9. The third kappa shape index (κ3) is 6.00. The summed E-state index contributed by atoms with van der Waals surface area (Å²) in [5, 5.41) is 0.568. The number of nitrogens with zero attached hydrogens (tertiary/aromatic N) is 2. The molecule has 0 saturated carbocycles. The summed E-state index contributed by atoms with van der Waals surface area (Å²) in [6, 6.07) is 22.9. The highest BCUT2D eigenvalue weighted by Gasteiger charge is 2.35. The second kappa shape index (κ2) is 11.1. The maximum absolute atomic E-state index is 13.6. The molecule has 178 valence electrons. The van der Waals surface area contributed by atoms with Gasteiger partial charge >= 0.3 is 5.97 Å². The van der Waals surface area contributed by atoms with Gasteiger partial charge in [-0.3, -0.25) is 9.69 Å². The van der Waals surface area contributed by atoms with E-state index in [-0.39, 0.29) is 19.1 Å². The molecule has 6 nitrogen and oxygen atoms in total. The van der Waals surface area contributed by atoms with Crippen molar-refractivity contribution in [1.82, 2.24) is 0 Å². The summed E-state index contributed by atoms with van der Waals surface area (Å²) < 4.78 is 10.6. The molecule has 1 amide bonds. The van der Waals surface area contributed by atoms with Crippen molar-refractivity contribution in [1.29, 1.82) is 0 Å². The summed E-state index contributed by atoms with van der Waals surface area (Å²) in [5.41, 5.74) is 4.44. The van der Waals surface area contributed by atoms with E-state index in [9.17, 15) is 9.59 Å². The Kier molecular flexibility index (Phi) is 7.67. The van der Waals surface area contributed by atoms with Gasteiger partial charge in [0.15, 0.2) is 11.8 Å². The molecule has 0 bridgehead atoms. The van der Waals surface area contributed by atoms with Crippen LogP contribution in [0.4, 0.5) is 11.4 Å². The fourth-order valence-corrected chi connectivity index (χ4v) is 4.40. The van der Waals surface area contributed by atoms with Crippen molar-refractivity contribution in [2.24, 2.45) is 4.99 Å². The van der Waals surface area contributed by atoms with Crippen LogP contribution in [0.5, 0.6) is 5.75 Å². The molecule has 7 heteroatoms. The van der Waals surface area contributed by atoms with Crippen LogP contribution in [-0.4, -0.2) is 30.3 Å². The minimum Gasteiger partial charge on any atom is -0.481 e. The second-order valence-corrected chi connectivity index (χ2v) is 8.96. The first kappa shape index (κ1) is 24.3. The van der Waals surface area contributed by atoms with E-state index in [2.05, 4.69) is 0 Å². The lowest BCUT2D eigenvalue weighted by Crippen LogP contribution is -2.28. The number of para-hydroxylation sites is 1. The summed E-state index contributed by atoms with van der Waals surface area (Å²) >= 11 is 1.30. The van der Waals surface area contributed by atoms with Crippen molar-refractivity contribution < 1.29 is 19.1 Å². The smallest absolute Gasteiger partial charge is 0.344 e. The molecule has 0 unspecified atom stereocenters. The number of aliphatic imine (C=N–C) groups is 1. The van der Waals surface area contributed by atoms with Crippen molar-refractivity contribution in [3.05, 3.63) is 94.4 Å². The van der Waals surface area contributed by atoms with Crippen LogP contribution in [-0.2, 0) is 14.3 Å². The summed E-state index contributed by atoms with van der Waals surface area (Å²) in [4.78, 5) is 32.2. The van der Waals surface area contributed by atoms with E-state index in [1.165, 1.54) is 11.8 Å². The van der Waals surface area contributed by atoms with Crippen molar-refractivity contribution in [3.8, 4) is 5.75 Å². The number of rotatable bonds is 7. The molecule has 1 aliphatic heterocycles. The Hall–Kier alpha value is -3.84. The van der Waals surface area contributed by atoms with Crippen molar-refractivity contribution in [2.75, 3.05) is 18.1 Å². The quantitative estimate of drug-likeness (QED) is 0.300. The van der Waals surface area contributed by atoms with E-state index in [1.807, 2.05) is 80.6 Å². The van der Waals surface area contributed by atoms with E-state index < -0.39 is 5.97 Å². The highest BCUT2D eigenvalue weighted by molar-refractivity contribution is 8.19. The Morgan fingerprint density at radius 3 is 2.31 bits per heavy atom. The normalized spacial score (nSPS) is 15.6. The van der Waals surface area contributed by atoms with Gasteiger partial charge in [-0.25, -0.2) is 9.79 Å². The predicted molar refractivity (Wildman–Crippen MR) is 141 cm³/mol. The van der Waals surface area contributed by atoms with E-state index in [0.717, 1.165) is 22.5 Å². The van der Waals surface area contributed by atoms with Gasteiger partial charge in [-0.2, -0.15) is 0 Å². The maximum Gasteiger partial charge on any atom is 0.344 e. The van der Waals surface area contributed by atoms with Crippen molar-refractivity contribution in [3.63, 3.8) is 0 Å². The van der Waals surface area contributed by atoms with Crippen LogP contribution < -0.4 is 9.64 Å². The van der Waals surface area contributed by atoms with Crippen LogP contribution in [0.2, 0.25) is 0 Å². The first-order valence-electron chi connectivity index (χ1n) is 11.3. The fourth-order valence-electron chi connectivity index (χ4n) is 3.41. The minimum atomic E-state index is -0.445. The molecule has 4 rings (SSSR count). The fraction of sp³-hybridized carbons (Fsp3) is 0.179. The predicted octanol–water partition coefficient (Wildman–Crippen LogP) is 6.05. The number of thioether (sulfide) groups is 1. The third-order valence-corrected chi connectivity index (χ3v) is 6.18. The summed E-state index contributed by atoms with van der Waals surface area (Å²) in [6.07, 6.45) is 1.77. The summed E-state index contributed by atoms with van der Waals surface area (Å²) in [7, 11) is 0. The molecule has 0 atom stereocenters. The average Bonchev–Trinajstić information content (AvgIpc) is 3.15. The first-order valence-corrected chi connectivity index (χ1v) is 12.1. The molecule has 1 saturated heterocycles.